The Morgan fingerprint density at radius 2 is 1.91 bits per heavy atom. The molecule has 0 saturated carbocycles. The third kappa shape index (κ3) is 4.09. The van der Waals surface area contributed by atoms with Crippen LogP contribution < -0.4 is 0 Å². The predicted molar refractivity (Wildman–Crippen MR) is 118 cm³/mol. The van der Waals surface area contributed by atoms with Crippen LogP contribution in [0.5, 0.6) is 0 Å². The van der Waals surface area contributed by atoms with Crippen molar-refractivity contribution >= 4 is 5.91 Å². The van der Waals surface area contributed by atoms with Crippen molar-refractivity contribution in [3.63, 3.8) is 0 Å². The standard InChI is InChI=1S/C25H24FN5O/c1-2-21(18-5-7-19(26)8-6-18)25(16-27)10-14-31(15-11-25)24(32)20-4-3-12-29-23(20)22-9-13-28-17-30-22/h3-9,12-13,17,21H,2,10-11,14-15H2,1H3/t21-/m0/s1. The van der Waals surface area contributed by atoms with Crippen molar-refractivity contribution in [2.75, 3.05) is 13.1 Å². The van der Waals surface area contributed by atoms with Gasteiger partial charge in [0.1, 0.15) is 17.8 Å². The van der Waals surface area contributed by atoms with Gasteiger partial charge < -0.3 is 4.90 Å². The van der Waals surface area contributed by atoms with Gasteiger partial charge in [0.2, 0.25) is 0 Å². The highest BCUT2D eigenvalue weighted by Crippen LogP contribution is 2.46. The second-order valence-corrected chi connectivity index (χ2v) is 8.07. The summed E-state index contributed by atoms with van der Waals surface area (Å²) >= 11 is 0. The number of nitriles is 1. The zero-order valence-electron chi connectivity index (χ0n) is 17.9. The monoisotopic (exact) mass is 429 g/mol. The van der Waals surface area contributed by atoms with Crippen LogP contribution in [-0.2, 0) is 0 Å². The van der Waals surface area contributed by atoms with Gasteiger partial charge >= 0.3 is 0 Å². The molecule has 0 bridgehead atoms. The fourth-order valence-corrected chi connectivity index (χ4v) is 4.67. The molecule has 1 fully saturated rings. The molecular formula is C25H24FN5O. The van der Waals surface area contributed by atoms with Crippen LogP contribution in [0.2, 0.25) is 0 Å². The van der Waals surface area contributed by atoms with E-state index < -0.39 is 5.41 Å². The number of hydrogen-bond acceptors (Lipinski definition) is 5. The number of piperidine rings is 1. The van der Waals surface area contributed by atoms with E-state index in [2.05, 4.69) is 21.0 Å². The van der Waals surface area contributed by atoms with E-state index in [0.717, 1.165) is 12.0 Å². The topological polar surface area (TPSA) is 82.8 Å². The molecule has 2 aromatic heterocycles. The number of hydrogen-bond donors (Lipinski definition) is 0. The highest BCUT2D eigenvalue weighted by atomic mass is 19.1. The lowest BCUT2D eigenvalue weighted by molar-refractivity contribution is 0.0614. The van der Waals surface area contributed by atoms with Crippen molar-refractivity contribution in [3.05, 3.63) is 78.1 Å². The molecule has 3 aromatic rings. The minimum Gasteiger partial charge on any atom is -0.338 e. The Morgan fingerprint density at radius 3 is 2.53 bits per heavy atom. The molecule has 1 aromatic carbocycles. The van der Waals surface area contributed by atoms with Crippen molar-refractivity contribution in [3.8, 4) is 17.5 Å². The average Bonchev–Trinajstić information content (AvgIpc) is 2.86. The second-order valence-electron chi connectivity index (χ2n) is 8.07. The number of aromatic nitrogens is 3. The first kappa shape index (κ1) is 21.6. The number of likely N-dealkylation sites (tertiary alicyclic amines) is 1. The summed E-state index contributed by atoms with van der Waals surface area (Å²) in [5.41, 5.74) is 1.98. The van der Waals surface area contributed by atoms with E-state index in [1.165, 1.54) is 18.5 Å². The zero-order valence-corrected chi connectivity index (χ0v) is 17.9. The van der Waals surface area contributed by atoms with Crippen molar-refractivity contribution in [1.29, 1.82) is 5.26 Å². The van der Waals surface area contributed by atoms with E-state index in [4.69, 9.17) is 0 Å². The predicted octanol–water partition coefficient (Wildman–Crippen LogP) is 4.62. The van der Waals surface area contributed by atoms with Gasteiger partial charge in [0.25, 0.3) is 5.91 Å². The maximum atomic E-state index is 13.4. The molecule has 4 rings (SSSR count). The van der Waals surface area contributed by atoms with Crippen LogP contribution >= 0.6 is 0 Å². The van der Waals surface area contributed by atoms with E-state index in [9.17, 15) is 14.4 Å². The third-order valence-corrected chi connectivity index (χ3v) is 6.38. The van der Waals surface area contributed by atoms with Crippen LogP contribution in [0, 0.1) is 22.6 Å². The molecule has 1 atom stereocenters. The zero-order chi connectivity index (χ0) is 22.6. The Balaban J connectivity index is 1.55. The fraction of sp³-hybridized carbons (Fsp3) is 0.320. The van der Waals surface area contributed by atoms with Crippen LogP contribution in [0.3, 0.4) is 0 Å². The maximum absolute atomic E-state index is 13.4. The van der Waals surface area contributed by atoms with Gasteiger partial charge in [0.05, 0.1) is 22.7 Å². The summed E-state index contributed by atoms with van der Waals surface area (Å²) in [4.78, 5) is 27.7. The molecule has 6 nitrogen and oxygen atoms in total. The lowest BCUT2D eigenvalue weighted by Crippen LogP contribution is -2.45. The maximum Gasteiger partial charge on any atom is 0.256 e. The molecule has 7 heteroatoms. The number of nitrogens with zero attached hydrogens (tertiary/aromatic N) is 5. The number of pyridine rings is 1. The number of rotatable bonds is 5. The lowest BCUT2D eigenvalue weighted by atomic mass is 9.66. The van der Waals surface area contributed by atoms with Gasteiger partial charge in [-0.15, -0.1) is 0 Å². The Kier molecular flexibility index (Phi) is 6.22. The molecule has 32 heavy (non-hydrogen) atoms. The van der Waals surface area contributed by atoms with Crippen molar-refractivity contribution in [2.45, 2.75) is 32.1 Å². The number of amides is 1. The van der Waals surface area contributed by atoms with Crippen LogP contribution in [0.4, 0.5) is 4.39 Å². The number of carbonyl (C=O) groups excluding carboxylic acids is 1. The molecule has 162 valence electrons. The molecule has 1 amide bonds. The molecule has 1 saturated heterocycles. The molecule has 0 N–H and O–H groups in total. The highest BCUT2D eigenvalue weighted by molar-refractivity contribution is 5.99. The Labute approximate surface area is 186 Å². The molecular weight excluding hydrogens is 405 g/mol. The van der Waals surface area contributed by atoms with Crippen LogP contribution in [-0.4, -0.2) is 38.8 Å². The normalized spacial score (nSPS) is 16.2. The first-order chi connectivity index (χ1) is 15.6. The van der Waals surface area contributed by atoms with Crippen molar-refractivity contribution < 1.29 is 9.18 Å². The number of carbonyl (C=O) groups is 1. The second kappa shape index (κ2) is 9.23. The SMILES string of the molecule is CC[C@@H](c1ccc(F)cc1)C1(C#N)CCN(C(=O)c2cccnc2-c2ccncn2)CC1. The van der Waals surface area contributed by atoms with Crippen molar-refractivity contribution in [1.82, 2.24) is 19.9 Å². The fourth-order valence-electron chi connectivity index (χ4n) is 4.67. The minimum atomic E-state index is -0.590. The van der Waals surface area contributed by atoms with Crippen LogP contribution in [0.1, 0.15) is 48.0 Å². The van der Waals surface area contributed by atoms with Gasteiger partial charge in [-0.25, -0.2) is 14.4 Å². The minimum absolute atomic E-state index is 0.0136. The van der Waals surface area contributed by atoms with Crippen LogP contribution in [0.25, 0.3) is 11.4 Å². The van der Waals surface area contributed by atoms with Crippen molar-refractivity contribution in [2.24, 2.45) is 5.41 Å². The van der Waals surface area contributed by atoms with E-state index in [-0.39, 0.29) is 17.6 Å². The Bertz CT molecular complexity index is 1120. The van der Waals surface area contributed by atoms with E-state index in [1.54, 1.807) is 47.6 Å². The largest absolute Gasteiger partial charge is 0.338 e. The Morgan fingerprint density at radius 1 is 1.16 bits per heavy atom. The van der Waals surface area contributed by atoms with Gasteiger partial charge in [-0.05, 0) is 55.2 Å². The third-order valence-electron chi connectivity index (χ3n) is 6.38. The van der Waals surface area contributed by atoms with Gasteiger partial charge in [0.15, 0.2) is 0 Å². The van der Waals surface area contributed by atoms with Gasteiger partial charge in [-0.3, -0.25) is 9.78 Å². The van der Waals surface area contributed by atoms with E-state index >= 15 is 0 Å². The average molecular weight is 429 g/mol. The summed E-state index contributed by atoms with van der Waals surface area (Å²) in [5.74, 6) is -0.417. The Hall–Kier alpha value is -3.66. The van der Waals surface area contributed by atoms with E-state index in [1.807, 2.05) is 6.92 Å². The van der Waals surface area contributed by atoms with Gasteiger partial charge in [-0.1, -0.05) is 19.1 Å². The molecule has 1 aliphatic heterocycles. The molecule has 1 aliphatic rings. The molecule has 0 unspecified atom stereocenters. The summed E-state index contributed by atoms with van der Waals surface area (Å²) in [6, 6.07) is 14.2. The summed E-state index contributed by atoms with van der Waals surface area (Å²) in [7, 11) is 0. The summed E-state index contributed by atoms with van der Waals surface area (Å²) in [6.45, 7) is 3.00. The molecule has 0 aliphatic carbocycles. The highest BCUT2D eigenvalue weighted by Gasteiger charge is 2.43. The van der Waals surface area contributed by atoms with Crippen LogP contribution in [0.15, 0.2) is 61.2 Å². The van der Waals surface area contributed by atoms with Gasteiger partial charge in [0, 0.05) is 31.4 Å². The molecule has 0 radical (unpaired) electrons. The number of halogens is 1. The summed E-state index contributed by atoms with van der Waals surface area (Å²) in [6.07, 6.45) is 6.59. The smallest absolute Gasteiger partial charge is 0.256 e. The summed E-state index contributed by atoms with van der Waals surface area (Å²) < 4.78 is 13.4. The van der Waals surface area contributed by atoms with E-state index in [0.29, 0.717) is 42.9 Å². The first-order valence-corrected chi connectivity index (χ1v) is 10.8. The molecule has 3 heterocycles. The van der Waals surface area contributed by atoms with Gasteiger partial charge in [-0.2, -0.15) is 5.26 Å². The quantitative estimate of drug-likeness (QED) is 0.591. The molecule has 0 spiro atoms. The lowest BCUT2D eigenvalue weighted by Gasteiger charge is -2.42. The first-order valence-electron chi connectivity index (χ1n) is 10.8. The number of benzene rings is 1. The summed E-state index contributed by atoms with van der Waals surface area (Å²) in [5, 5.41) is 10.1.